The fourth-order valence-corrected chi connectivity index (χ4v) is 1.78. The summed E-state index contributed by atoms with van der Waals surface area (Å²) in [4.78, 5) is 0. The molecule has 0 aromatic heterocycles. The van der Waals surface area contributed by atoms with E-state index < -0.39 is 0 Å². The van der Waals surface area contributed by atoms with Crippen molar-refractivity contribution in [3.05, 3.63) is 0 Å². The van der Waals surface area contributed by atoms with Crippen LogP contribution in [0.5, 0.6) is 0 Å². The summed E-state index contributed by atoms with van der Waals surface area (Å²) < 4.78 is 0. The summed E-state index contributed by atoms with van der Waals surface area (Å²) in [6, 6.07) is 0. The summed E-state index contributed by atoms with van der Waals surface area (Å²) in [6.07, 6.45) is 6.88. The molecule has 0 aromatic carbocycles. The Balaban J connectivity index is 2.66. The van der Waals surface area contributed by atoms with Gasteiger partial charge in [0.15, 0.2) is 0 Å². The molecule has 0 radical (unpaired) electrons. The molecule has 0 aromatic rings. The van der Waals surface area contributed by atoms with Crippen LogP contribution in [0.3, 0.4) is 0 Å². The van der Waals surface area contributed by atoms with E-state index in [1.54, 1.807) is 0 Å². The molecule has 0 bridgehead atoms. The lowest BCUT2D eigenvalue weighted by Crippen LogP contribution is -2.24. The second-order valence-corrected chi connectivity index (χ2v) is 4.40. The van der Waals surface area contributed by atoms with Crippen molar-refractivity contribution >= 4 is 11.9 Å². The van der Waals surface area contributed by atoms with Gasteiger partial charge in [-0.25, -0.2) is 0 Å². The van der Waals surface area contributed by atoms with Gasteiger partial charge in [-0.1, -0.05) is 6.42 Å². The van der Waals surface area contributed by atoms with Crippen LogP contribution in [-0.2, 0) is 0 Å². The van der Waals surface area contributed by atoms with E-state index in [0.717, 1.165) is 6.42 Å². The monoisotopic (exact) mass is 210 g/mol. The number of hydrogen-bond acceptors (Lipinski definition) is 4. The van der Waals surface area contributed by atoms with E-state index in [2.05, 4.69) is 10.2 Å². The summed E-state index contributed by atoms with van der Waals surface area (Å²) in [5.41, 5.74) is 1.27. The van der Waals surface area contributed by atoms with Crippen molar-refractivity contribution < 1.29 is 0 Å². The van der Waals surface area contributed by atoms with Crippen molar-refractivity contribution in [2.75, 3.05) is 28.2 Å². The van der Waals surface area contributed by atoms with Crippen LogP contribution >= 0.6 is 0 Å². The molecule has 0 saturated heterocycles. The van der Waals surface area contributed by atoms with Gasteiger partial charge in [0, 0.05) is 46.0 Å². The highest BCUT2D eigenvalue weighted by Crippen LogP contribution is 2.20. The Labute approximate surface area is 92.6 Å². The van der Waals surface area contributed by atoms with Crippen LogP contribution in [0.4, 0.5) is 0 Å². The van der Waals surface area contributed by atoms with E-state index in [9.17, 15) is 0 Å². The Hall–Kier alpha value is -1.06. The Morgan fingerprint density at radius 2 is 1.87 bits per heavy atom. The van der Waals surface area contributed by atoms with Crippen LogP contribution in [0.25, 0.3) is 0 Å². The third-order valence-corrected chi connectivity index (χ3v) is 2.43. The second kappa shape index (κ2) is 5.73. The largest absolute Gasteiger partial charge is 0.303 e. The molecule has 1 aliphatic carbocycles. The van der Waals surface area contributed by atoms with Gasteiger partial charge in [0.1, 0.15) is 0 Å². The van der Waals surface area contributed by atoms with Crippen LogP contribution in [0, 0.1) is 5.92 Å². The van der Waals surface area contributed by atoms with Crippen LogP contribution in [0.2, 0.25) is 0 Å². The van der Waals surface area contributed by atoms with Crippen LogP contribution in [-0.4, -0.2) is 50.1 Å². The van der Waals surface area contributed by atoms with Crippen molar-refractivity contribution in [2.24, 2.45) is 16.1 Å². The molecule has 1 unspecified atom stereocenters. The minimum Gasteiger partial charge on any atom is -0.303 e. The quantitative estimate of drug-likeness (QED) is 0.524. The third kappa shape index (κ3) is 4.32. The SMILES string of the molecule is CN(C)/N=C/C1CCCC/C1=N\N(C)C. The smallest absolute Gasteiger partial charge is 0.0465 e. The highest BCUT2D eigenvalue weighted by Gasteiger charge is 2.19. The molecule has 0 spiro atoms. The van der Waals surface area contributed by atoms with Gasteiger partial charge in [-0.05, 0) is 19.3 Å². The summed E-state index contributed by atoms with van der Waals surface area (Å²) in [5, 5.41) is 12.6. The molecule has 0 N–H and O–H groups in total. The Kier molecular flexibility index (Phi) is 4.59. The van der Waals surface area contributed by atoms with E-state index in [0.29, 0.717) is 5.92 Å². The van der Waals surface area contributed by atoms with Gasteiger partial charge in [-0.15, -0.1) is 0 Å². The first-order valence-corrected chi connectivity index (χ1v) is 5.55. The zero-order valence-corrected chi connectivity index (χ0v) is 10.3. The minimum atomic E-state index is 0.434. The van der Waals surface area contributed by atoms with Crippen LogP contribution in [0.15, 0.2) is 10.2 Å². The average molecular weight is 210 g/mol. The fourth-order valence-electron chi connectivity index (χ4n) is 1.78. The first kappa shape index (κ1) is 12.0. The highest BCUT2D eigenvalue weighted by molar-refractivity contribution is 5.98. The van der Waals surface area contributed by atoms with Gasteiger partial charge >= 0.3 is 0 Å². The topological polar surface area (TPSA) is 31.2 Å². The molecule has 1 rings (SSSR count). The van der Waals surface area contributed by atoms with Gasteiger partial charge in [0.25, 0.3) is 0 Å². The average Bonchev–Trinajstić information content (AvgIpc) is 2.15. The minimum absolute atomic E-state index is 0.434. The molecular weight excluding hydrogens is 188 g/mol. The second-order valence-electron chi connectivity index (χ2n) is 4.40. The van der Waals surface area contributed by atoms with Crippen LogP contribution in [0.1, 0.15) is 25.7 Å². The van der Waals surface area contributed by atoms with E-state index in [1.165, 1.54) is 25.0 Å². The zero-order chi connectivity index (χ0) is 11.3. The predicted octanol–water partition coefficient (Wildman–Crippen LogP) is 1.64. The summed E-state index contributed by atoms with van der Waals surface area (Å²) in [5.74, 6) is 0.434. The lowest BCUT2D eigenvalue weighted by molar-refractivity contribution is 0.423. The fraction of sp³-hybridized carbons (Fsp3) is 0.818. The molecule has 0 heterocycles. The number of hydrogen-bond donors (Lipinski definition) is 0. The number of rotatable bonds is 3. The third-order valence-electron chi connectivity index (χ3n) is 2.43. The van der Waals surface area contributed by atoms with E-state index in [-0.39, 0.29) is 0 Å². The van der Waals surface area contributed by atoms with Crippen molar-refractivity contribution in [1.82, 2.24) is 10.0 Å². The van der Waals surface area contributed by atoms with Crippen molar-refractivity contribution in [1.29, 1.82) is 0 Å². The van der Waals surface area contributed by atoms with E-state index in [4.69, 9.17) is 0 Å². The Bertz CT molecular complexity index is 243. The van der Waals surface area contributed by atoms with Crippen molar-refractivity contribution in [3.8, 4) is 0 Å². The van der Waals surface area contributed by atoms with E-state index >= 15 is 0 Å². The van der Waals surface area contributed by atoms with E-state index in [1.807, 2.05) is 44.4 Å². The van der Waals surface area contributed by atoms with Crippen molar-refractivity contribution in [3.63, 3.8) is 0 Å². The lowest BCUT2D eigenvalue weighted by atomic mass is 9.88. The molecule has 0 amide bonds. The van der Waals surface area contributed by atoms with Gasteiger partial charge < -0.3 is 10.0 Å². The maximum atomic E-state index is 4.54. The molecule has 1 saturated carbocycles. The molecule has 1 fully saturated rings. The normalized spacial score (nSPS) is 24.8. The molecule has 4 heteroatoms. The molecule has 1 atom stereocenters. The molecule has 86 valence electrons. The molecule has 15 heavy (non-hydrogen) atoms. The molecule has 1 aliphatic rings. The maximum Gasteiger partial charge on any atom is 0.0465 e. The summed E-state index contributed by atoms with van der Waals surface area (Å²) >= 11 is 0. The Morgan fingerprint density at radius 1 is 1.13 bits per heavy atom. The first-order chi connectivity index (χ1) is 7.09. The lowest BCUT2D eigenvalue weighted by Gasteiger charge is -2.22. The Morgan fingerprint density at radius 3 is 2.47 bits per heavy atom. The molecular formula is C11H22N4. The molecule has 4 nitrogen and oxygen atoms in total. The van der Waals surface area contributed by atoms with Gasteiger partial charge in [-0.3, -0.25) is 0 Å². The number of hydrazone groups is 2. The highest BCUT2D eigenvalue weighted by atomic mass is 15.4. The summed E-state index contributed by atoms with van der Waals surface area (Å²) in [6.45, 7) is 0. The van der Waals surface area contributed by atoms with Gasteiger partial charge in [-0.2, -0.15) is 10.2 Å². The van der Waals surface area contributed by atoms with Gasteiger partial charge in [0.05, 0.1) is 0 Å². The summed E-state index contributed by atoms with van der Waals surface area (Å²) in [7, 11) is 7.84. The standard InChI is InChI=1S/C11H22N4/c1-14(2)12-9-10-7-5-6-8-11(10)13-15(3)4/h9-10H,5-8H2,1-4H3/b12-9+,13-11+. The van der Waals surface area contributed by atoms with Crippen LogP contribution < -0.4 is 0 Å². The maximum absolute atomic E-state index is 4.54. The first-order valence-electron chi connectivity index (χ1n) is 5.55. The van der Waals surface area contributed by atoms with Gasteiger partial charge in [0.2, 0.25) is 0 Å². The predicted molar refractivity (Wildman–Crippen MR) is 65.3 cm³/mol. The number of nitrogens with zero attached hydrogens (tertiary/aromatic N) is 4. The van der Waals surface area contributed by atoms with Crippen molar-refractivity contribution in [2.45, 2.75) is 25.7 Å². The zero-order valence-electron chi connectivity index (χ0n) is 10.3. The molecule has 0 aliphatic heterocycles.